The minimum Gasteiger partial charge on any atom is -0.312 e. The molecule has 1 saturated heterocycles. The van der Waals surface area contributed by atoms with Crippen molar-refractivity contribution >= 4 is 11.6 Å². The summed E-state index contributed by atoms with van der Waals surface area (Å²) in [4.78, 5) is 2.52. The first kappa shape index (κ1) is 14.4. The van der Waals surface area contributed by atoms with E-state index in [1.165, 1.54) is 44.2 Å². The summed E-state index contributed by atoms with van der Waals surface area (Å²) in [6.07, 6.45) is 6.64. The zero-order chi connectivity index (χ0) is 13.9. The molecule has 0 bridgehead atoms. The van der Waals surface area contributed by atoms with Gasteiger partial charge in [-0.15, -0.1) is 0 Å². The van der Waals surface area contributed by atoms with E-state index in [1.807, 2.05) is 6.07 Å². The third kappa shape index (κ3) is 3.36. The van der Waals surface area contributed by atoms with E-state index in [9.17, 15) is 0 Å². The van der Waals surface area contributed by atoms with Crippen molar-refractivity contribution in [2.24, 2.45) is 0 Å². The summed E-state index contributed by atoms with van der Waals surface area (Å²) in [6.45, 7) is 2.42. The highest BCUT2D eigenvalue weighted by Gasteiger charge is 2.31. The van der Waals surface area contributed by atoms with E-state index >= 15 is 0 Å². The monoisotopic (exact) mass is 292 g/mol. The second kappa shape index (κ2) is 6.46. The largest absolute Gasteiger partial charge is 0.312 e. The average molecular weight is 293 g/mol. The molecule has 1 atom stereocenters. The normalized spacial score (nSPS) is 31.0. The topological polar surface area (TPSA) is 15.3 Å². The van der Waals surface area contributed by atoms with Gasteiger partial charge >= 0.3 is 0 Å². The molecule has 0 radical (unpaired) electrons. The van der Waals surface area contributed by atoms with Gasteiger partial charge in [-0.25, -0.2) is 0 Å². The number of nitrogens with one attached hydrogen (secondary N) is 1. The average Bonchev–Trinajstić information content (AvgIpc) is 2.39. The van der Waals surface area contributed by atoms with Gasteiger partial charge in [0, 0.05) is 23.7 Å². The van der Waals surface area contributed by atoms with Gasteiger partial charge in [-0.3, -0.25) is 0 Å². The summed E-state index contributed by atoms with van der Waals surface area (Å²) >= 11 is 6.06. The molecule has 1 N–H and O–H groups in total. The molecule has 1 aromatic rings. The van der Waals surface area contributed by atoms with Crippen LogP contribution < -0.4 is 5.32 Å². The molecule has 1 aromatic carbocycles. The van der Waals surface area contributed by atoms with Crippen LogP contribution in [0.2, 0.25) is 5.02 Å². The van der Waals surface area contributed by atoms with Gasteiger partial charge in [0.1, 0.15) is 0 Å². The van der Waals surface area contributed by atoms with Crippen molar-refractivity contribution < 1.29 is 0 Å². The second-order valence-corrected chi connectivity index (χ2v) is 6.90. The summed E-state index contributed by atoms with van der Waals surface area (Å²) < 4.78 is 0. The molecule has 1 aliphatic carbocycles. The van der Waals surface area contributed by atoms with Gasteiger partial charge in [0.25, 0.3) is 0 Å². The van der Waals surface area contributed by atoms with Crippen LogP contribution in [-0.2, 0) is 0 Å². The fraction of sp³-hybridized carbons (Fsp3) is 0.647. The Morgan fingerprint density at radius 1 is 1.30 bits per heavy atom. The zero-order valence-corrected chi connectivity index (χ0v) is 13.1. The highest BCUT2D eigenvalue weighted by atomic mass is 35.5. The first-order valence-corrected chi connectivity index (χ1v) is 8.29. The minimum atomic E-state index is 0.703. The Morgan fingerprint density at radius 2 is 2.15 bits per heavy atom. The molecule has 2 aliphatic rings. The van der Waals surface area contributed by atoms with Crippen LogP contribution in [-0.4, -0.2) is 37.1 Å². The first-order valence-electron chi connectivity index (χ1n) is 7.91. The van der Waals surface area contributed by atoms with Gasteiger partial charge in [0.05, 0.1) is 0 Å². The number of rotatable bonds is 4. The number of hydrogen-bond donors (Lipinski definition) is 1. The zero-order valence-electron chi connectivity index (χ0n) is 12.3. The third-order valence-corrected chi connectivity index (χ3v) is 5.26. The number of nitrogens with zero attached hydrogens (tertiary/aromatic N) is 1. The maximum absolute atomic E-state index is 6.06. The molecule has 0 aromatic heterocycles. The van der Waals surface area contributed by atoms with Crippen LogP contribution in [0.3, 0.4) is 0 Å². The summed E-state index contributed by atoms with van der Waals surface area (Å²) in [5.74, 6) is 0.704. The van der Waals surface area contributed by atoms with E-state index in [0.29, 0.717) is 12.0 Å². The molecule has 1 aliphatic heterocycles. The molecule has 3 rings (SSSR count). The molecule has 20 heavy (non-hydrogen) atoms. The second-order valence-electron chi connectivity index (χ2n) is 6.46. The fourth-order valence-electron chi connectivity index (χ4n) is 3.52. The Hall–Kier alpha value is -0.570. The number of halogens is 1. The van der Waals surface area contributed by atoms with Gasteiger partial charge in [-0.2, -0.15) is 0 Å². The Bertz CT molecular complexity index is 442. The summed E-state index contributed by atoms with van der Waals surface area (Å²) in [7, 11) is 2.26. The smallest absolute Gasteiger partial charge is 0.0408 e. The summed E-state index contributed by atoms with van der Waals surface area (Å²) in [5, 5.41) is 4.62. The fourth-order valence-corrected chi connectivity index (χ4v) is 3.72. The molecule has 2 nitrogen and oxygen atoms in total. The summed E-state index contributed by atoms with van der Waals surface area (Å²) in [5.41, 5.74) is 1.41. The minimum absolute atomic E-state index is 0.703. The van der Waals surface area contributed by atoms with Crippen molar-refractivity contribution in [1.82, 2.24) is 10.2 Å². The van der Waals surface area contributed by atoms with Crippen molar-refractivity contribution in [2.75, 3.05) is 20.1 Å². The maximum Gasteiger partial charge on any atom is 0.0408 e. The predicted octanol–water partition coefficient (Wildman–Crippen LogP) is 3.66. The van der Waals surface area contributed by atoms with Crippen molar-refractivity contribution in [1.29, 1.82) is 0 Å². The number of likely N-dealkylation sites (N-methyl/N-ethyl adjacent to an activating group) is 1. The lowest BCUT2D eigenvalue weighted by molar-refractivity contribution is 0.166. The van der Waals surface area contributed by atoms with E-state index in [0.717, 1.165) is 17.6 Å². The SMILES string of the molecule is CN1CCCCC1CNC1CC(c2cccc(Cl)c2)C1. The molecule has 0 amide bonds. The van der Waals surface area contributed by atoms with Crippen LogP contribution in [0.5, 0.6) is 0 Å². The molecule has 110 valence electrons. The Labute approximate surface area is 127 Å². The number of hydrogen-bond acceptors (Lipinski definition) is 2. The molecule has 1 saturated carbocycles. The lowest BCUT2D eigenvalue weighted by atomic mass is 9.76. The van der Waals surface area contributed by atoms with E-state index in [2.05, 4.69) is 35.5 Å². The van der Waals surface area contributed by atoms with Crippen LogP contribution in [0.4, 0.5) is 0 Å². The molecule has 0 spiro atoms. The van der Waals surface area contributed by atoms with Gasteiger partial charge in [-0.1, -0.05) is 30.2 Å². The van der Waals surface area contributed by atoms with Gasteiger partial charge < -0.3 is 10.2 Å². The molecule has 1 heterocycles. The highest BCUT2D eigenvalue weighted by Crippen LogP contribution is 2.37. The highest BCUT2D eigenvalue weighted by molar-refractivity contribution is 6.30. The third-order valence-electron chi connectivity index (χ3n) is 5.02. The van der Waals surface area contributed by atoms with Crippen molar-refractivity contribution in [3.05, 3.63) is 34.9 Å². The van der Waals surface area contributed by atoms with Crippen LogP contribution in [0, 0.1) is 0 Å². The molecular formula is C17H25ClN2. The van der Waals surface area contributed by atoms with Crippen molar-refractivity contribution in [2.45, 2.75) is 50.1 Å². The predicted molar refractivity (Wildman–Crippen MR) is 85.5 cm³/mol. The van der Waals surface area contributed by atoms with E-state index in [1.54, 1.807) is 0 Å². The summed E-state index contributed by atoms with van der Waals surface area (Å²) in [6, 6.07) is 9.80. The lowest BCUT2D eigenvalue weighted by Crippen LogP contribution is -2.48. The van der Waals surface area contributed by atoms with Gasteiger partial charge in [0.2, 0.25) is 0 Å². The molecule has 1 unspecified atom stereocenters. The Morgan fingerprint density at radius 3 is 2.90 bits per heavy atom. The maximum atomic E-state index is 6.06. The number of benzene rings is 1. The van der Waals surface area contributed by atoms with Crippen LogP contribution >= 0.6 is 11.6 Å². The van der Waals surface area contributed by atoms with Crippen molar-refractivity contribution in [3.63, 3.8) is 0 Å². The van der Waals surface area contributed by atoms with Crippen LogP contribution in [0.25, 0.3) is 0 Å². The van der Waals surface area contributed by atoms with E-state index in [-0.39, 0.29) is 0 Å². The number of piperidine rings is 1. The van der Waals surface area contributed by atoms with Crippen molar-refractivity contribution in [3.8, 4) is 0 Å². The Balaban J connectivity index is 1.42. The quantitative estimate of drug-likeness (QED) is 0.911. The van der Waals surface area contributed by atoms with Gasteiger partial charge in [-0.05, 0) is 62.9 Å². The number of likely N-dealkylation sites (tertiary alicyclic amines) is 1. The Kier molecular flexibility index (Phi) is 4.65. The first-order chi connectivity index (χ1) is 9.72. The van der Waals surface area contributed by atoms with E-state index in [4.69, 9.17) is 11.6 Å². The van der Waals surface area contributed by atoms with Crippen LogP contribution in [0.1, 0.15) is 43.6 Å². The standard InChI is InChI=1S/C17H25ClN2/c1-20-8-3-2-7-17(20)12-19-16-10-14(11-16)13-5-4-6-15(18)9-13/h4-6,9,14,16-17,19H,2-3,7-8,10-12H2,1H3. The molecule has 2 fully saturated rings. The van der Waals surface area contributed by atoms with E-state index < -0.39 is 0 Å². The molecule has 3 heteroatoms. The van der Waals surface area contributed by atoms with Gasteiger partial charge in [0.15, 0.2) is 0 Å². The van der Waals surface area contributed by atoms with Crippen LogP contribution in [0.15, 0.2) is 24.3 Å². The molecular weight excluding hydrogens is 268 g/mol. The lowest BCUT2D eigenvalue weighted by Gasteiger charge is -2.39.